The molecule has 2 N–H and O–H groups in total. The lowest BCUT2D eigenvalue weighted by Crippen LogP contribution is -2.43. The van der Waals surface area contributed by atoms with E-state index >= 15 is 0 Å². The number of hydrogen-bond donors (Lipinski definition) is 2. The number of anilines is 2. The van der Waals surface area contributed by atoms with Gasteiger partial charge >= 0.3 is 0 Å². The highest BCUT2D eigenvalue weighted by molar-refractivity contribution is 5.69. The van der Waals surface area contributed by atoms with Crippen LogP contribution >= 0.6 is 0 Å². The summed E-state index contributed by atoms with van der Waals surface area (Å²) in [5.41, 5.74) is 2.79. The number of nitro groups is 1. The van der Waals surface area contributed by atoms with Gasteiger partial charge in [-0.25, -0.2) is 0 Å². The molecule has 1 saturated heterocycles. The van der Waals surface area contributed by atoms with Crippen LogP contribution in [0.1, 0.15) is 18.5 Å². The summed E-state index contributed by atoms with van der Waals surface area (Å²) in [5.74, 6) is 0. The minimum absolute atomic E-state index is 0.0110. The van der Waals surface area contributed by atoms with Gasteiger partial charge in [-0.3, -0.25) is 10.1 Å². The Balaban J connectivity index is 1.87. The zero-order chi connectivity index (χ0) is 16.9. The lowest BCUT2D eigenvalue weighted by molar-refractivity contribution is -0.384. The van der Waals surface area contributed by atoms with Crippen LogP contribution in [0, 0.1) is 10.1 Å². The standard InChI is InChI=1S/C18H22N4O2/c1-14(15-5-3-2-4-6-15)20-17-13-16(7-8-18(17)22(23)24)21-11-9-19-10-12-21/h2-8,13-14,19-20H,9-12H2,1H3/t14-/m0/s1. The molecule has 2 aromatic carbocycles. The monoisotopic (exact) mass is 326 g/mol. The average Bonchev–Trinajstić information content (AvgIpc) is 2.63. The van der Waals surface area contributed by atoms with Crippen molar-refractivity contribution in [2.75, 3.05) is 36.4 Å². The lowest BCUT2D eigenvalue weighted by Gasteiger charge is -2.30. The topological polar surface area (TPSA) is 70.4 Å². The molecule has 0 saturated carbocycles. The van der Waals surface area contributed by atoms with E-state index in [1.807, 2.05) is 49.4 Å². The van der Waals surface area contributed by atoms with Gasteiger partial charge in [-0.2, -0.15) is 0 Å². The molecule has 3 rings (SSSR count). The van der Waals surface area contributed by atoms with Gasteiger partial charge in [-0.15, -0.1) is 0 Å². The summed E-state index contributed by atoms with van der Waals surface area (Å²) in [6.45, 7) is 5.69. The minimum atomic E-state index is -0.332. The van der Waals surface area contributed by atoms with Crippen molar-refractivity contribution < 1.29 is 4.92 Å². The second-order valence-electron chi connectivity index (χ2n) is 5.97. The molecule has 1 aliphatic heterocycles. The fourth-order valence-corrected chi connectivity index (χ4v) is 2.98. The van der Waals surface area contributed by atoms with Crippen LogP contribution in [0.15, 0.2) is 48.5 Å². The van der Waals surface area contributed by atoms with Gasteiger partial charge in [0.15, 0.2) is 0 Å². The van der Waals surface area contributed by atoms with Crippen LogP contribution < -0.4 is 15.5 Å². The van der Waals surface area contributed by atoms with E-state index in [1.165, 1.54) is 0 Å². The van der Waals surface area contributed by atoms with Crippen LogP contribution in [0.3, 0.4) is 0 Å². The van der Waals surface area contributed by atoms with Gasteiger partial charge in [0, 0.05) is 44.0 Å². The predicted octanol–water partition coefficient (Wildman–Crippen LogP) is 3.18. The van der Waals surface area contributed by atoms with E-state index in [2.05, 4.69) is 15.5 Å². The van der Waals surface area contributed by atoms with Crippen LogP contribution in [0.25, 0.3) is 0 Å². The summed E-state index contributed by atoms with van der Waals surface area (Å²) >= 11 is 0. The highest BCUT2D eigenvalue weighted by Gasteiger charge is 2.19. The SMILES string of the molecule is C[C@H](Nc1cc(N2CCNCC2)ccc1[N+](=O)[O-])c1ccccc1. The number of nitrogens with one attached hydrogen (secondary N) is 2. The number of benzene rings is 2. The molecule has 1 fully saturated rings. The summed E-state index contributed by atoms with van der Waals surface area (Å²) in [7, 11) is 0. The Morgan fingerprint density at radius 3 is 2.54 bits per heavy atom. The smallest absolute Gasteiger partial charge is 0.292 e. The van der Waals surface area contributed by atoms with Gasteiger partial charge in [0.25, 0.3) is 5.69 Å². The van der Waals surface area contributed by atoms with E-state index < -0.39 is 0 Å². The molecule has 6 nitrogen and oxygen atoms in total. The van der Waals surface area contributed by atoms with Crippen molar-refractivity contribution in [1.82, 2.24) is 5.32 Å². The minimum Gasteiger partial charge on any atom is -0.373 e. The maximum Gasteiger partial charge on any atom is 0.292 e. The first-order valence-corrected chi connectivity index (χ1v) is 8.21. The Hall–Kier alpha value is -2.60. The van der Waals surface area contributed by atoms with Gasteiger partial charge in [0.1, 0.15) is 5.69 Å². The van der Waals surface area contributed by atoms with Crippen molar-refractivity contribution in [3.8, 4) is 0 Å². The fourth-order valence-electron chi connectivity index (χ4n) is 2.98. The zero-order valence-electron chi connectivity index (χ0n) is 13.7. The average molecular weight is 326 g/mol. The fraction of sp³-hybridized carbons (Fsp3) is 0.333. The van der Waals surface area contributed by atoms with Gasteiger partial charge in [0.05, 0.1) is 4.92 Å². The maximum absolute atomic E-state index is 11.4. The Labute approximate surface area is 141 Å². The van der Waals surface area contributed by atoms with Gasteiger partial charge in [0.2, 0.25) is 0 Å². The lowest BCUT2D eigenvalue weighted by atomic mass is 10.1. The number of hydrogen-bond acceptors (Lipinski definition) is 5. The van der Waals surface area contributed by atoms with E-state index in [0.29, 0.717) is 5.69 Å². The molecule has 0 aliphatic carbocycles. The summed E-state index contributed by atoms with van der Waals surface area (Å²) in [5, 5.41) is 18.0. The first-order chi connectivity index (χ1) is 11.6. The summed E-state index contributed by atoms with van der Waals surface area (Å²) in [4.78, 5) is 13.3. The van der Waals surface area contributed by atoms with E-state index in [9.17, 15) is 10.1 Å². The van der Waals surface area contributed by atoms with Gasteiger partial charge < -0.3 is 15.5 Å². The molecule has 0 aromatic heterocycles. The zero-order valence-corrected chi connectivity index (χ0v) is 13.7. The predicted molar refractivity (Wildman–Crippen MR) is 96.7 cm³/mol. The summed E-state index contributed by atoms with van der Waals surface area (Å²) in [6, 6.07) is 15.3. The Morgan fingerprint density at radius 2 is 1.88 bits per heavy atom. The molecule has 6 heteroatoms. The van der Waals surface area contributed by atoms with Crippen molar-refractivity contribution in [1.29, 1.82) is 0 Å². The highest BCUT2D eigenvalue weighted by Crippen LogP contribution is 2.32. The highest BCUT2D eigenvalue weighted by atomic mass is 16.6. The van der Waals surface area contributed by atoms with E-state index in [1.54, 1.807) is 6.07 Å². The van der Waals surface area contributed by atoms with Crippen molar-refractivity contribution in [2.24, 2.45) is 0 Å². The molecular formula is C18H22N4O2. The molecule has 0 spiro atoms. The molecular weight excluding hydrogens is 304 g/mol. The van der Waals surface area contributed by atoms with Crippen LogP contribution in [0.2, 0.25) is 0 Å². The largest absolute Gasteiger partial charge is 0.373 e. The third-order valence-corrected chi connectivity index (χ3v) is 4.33. The van der Waals surface area contributed by atoms with E-state index in [0.717, 1.165) is 37.4 Å². The van der Waals surface area contributed by atoms with E-state index in [-0.39, 0.29) is 16.7 Å². The molecule has 0 unspecified atom stereocenters. The van der Waals surface area contributed by atoms with Crippen LogP contribution in [0.4, 0.5) is 17.1 Å². The normalized spacial score (nSPS) is 15.8. The van der Waals surface area contributed by atoms with Gasteiger partial charge in [-0.05, 0) is 24.6 Å². The third kappa shape index (κ3) is 3.65. The Kier molecular flexibility index (Phi) is 4.96. The molecule has 24 heavy (non-hydrogen) atoms. The van der Waals surface area contributed by atoms with Gasteiger partial charge in [-0.1, -0.05) is 30.3 Å². The molecule has 1 atom stereocenters. The molecule has 1 aliphatic rings. The van der Waals surface area contributed by atoms with Crippen LogP contribution in [-0.4, -0.2) is 31.1 Å². The molecule has 0 amide bonds. The Morgan fingerprint density at radius 1 is 1.17 bits per heavy atom. The second-order valence-corrected chi connectivity index (χ2v) is 5.97. The van der Waals surface area contributed by atoms with E-state index in [4.69, 9.17) is 0 Å². The van der Waals surface area contributed by atoms with Crippen LogP contribution in [0.5, 0.6) is 0 Å². The third-order valence-electron chi connectivity index (χ3n) is 4.33. The summed E-state index contributed by atoms with van der Waals surface area (Å²) < 4.78 is 0. The molecule has 0 radical (unpaired) electrons. The number of nitrogens with zero attached hydrogens (tertiary/aromatic N) is 2. The van der Waals surface area contributed by atoms with Crippen molar-refractivity contribution in [3.63, 3.8) is 0 Å². The number of piperazine rings is 1. The molecule has 2 aromatic rings. The first-order valence-electron chi connectivity index (χ1n) is 8.21. The molecule has 1 heterocycles. The molecule has 126 valence electrons. The summed E-state index contributed by atoms with van der Waals surface area (Å²) in [6.07, 6.45) is 0. The molecule has 0 bridgehead atoms. The number of rotatable bonds is 5. The van der Waals surface area contributed by atoms with Crippen molar-refractivity contribution in [3.05, 3.63) is 64.2 Å². The van der Waals surface area contributed by atoms with Crippen molar-refractivity contribution >= 4 is 17.1 Å². The quantitative estimate of drug-likeness (QED) is 0.652. The number of nitro benzene ring substituents is 1. The second kappa shape index (κ2) is 7.31. The first kappa shape index (κ1) is 16.3. The van der Waals surface area contributed by atoms with Crippen LogP contribution in [-0.2, 0) is 0 Å². The maximum atomic E-state index is 11.4. The van der Waals surface area contributed by atoms with Crippen molar-refractivity contribution in [2.45, 2.75) is 13.0 Å². The Bertz CT molecular complexity index is 699.